The zero-order chi connectivity index (χ0) is 10.8. The van der Waals surface area contributed by atoms with Crippen molar-refractivity contribution in [1.29, 1.82) is 0 Å². The topological polar surface area (TPSA) is 28.7 Å². The van der Waals surface area contributed by atoms with Crippen LogP contribution in [0.15, 0.2) is 12.1 Å². The van der Waals surface area contributed by atoms with Crippen LogP contribution in [-0.4, -0.2) is 9.97 Å². The predicted molar refractivity (Wildman–Crippen MR) is 64.5 cm³/mol. The van der Waals surface area contributed by atoms with Gasteiger partial charge in [0.25, 0.3) is 0 Å². The van der Waals surface area contributed by atoms with Gasteiger partial charge in [-0.2, -0.15) is 0 Å². The van der Waals surface area contributed by atoms with Crippen molar-refractivity contribution in [2.24, 2.45) is 0 Å². The van der Waals surface area contributed by atoms with Crippen LogP contribution in [0.4, 0.5) is 0 Å². The third kappa shape index (κ3) is 2.00. The molecular formula is C12H15ClN2. The fraction of sp³-hybridized carbons (Fsp3) is 0.417. The van der Waals surface area contributed by atoms with Gasteiger partial charge in [-0.25, -0.2) is 4.98 Å². The van der Waals surface area contributed by atoms with Gasteiger partial charge in [-0.1, -0.05) is 20.3 Å². The summed E-state index contributed by atoms with van der Waals surface area (Å²) in [5.74, 6) is 0. The van der Waals surface area contributed by atoms with Crippen LogP contribution in [0.5, 0.6) is 0 Å². The van der Waals surface area contributed by atoms with Gasteiger partial charge >= 0.3 is 0 Å². The summed E-state index contributed by atoms with van der Waals surface area (Å²) in [4.78, 5) is 7.30. The number of nitrogens with zero attached hydrogens (tertiary/aromatic N) is 1. The summed E-state index contributed by atoms with van der Waals surface area (Å²) in [5.41, 5.74) is 4.80. The quantitative estimate of drug-likeness (QED) is 0.842. The number of hydrogen-bond donors (Lipinski definition) is 1. The van der Waals surface area contributed by atoms with E-state index in [0.717, 1.165) is 23.9 Å². The highest BCUT2D eigenvalue weighted by Crippen LogP contribution is 2.21. The van der Waals surface area contributed by atoms with Gasteiger partial charge < -0.3 is 4.98 Å². The molecule has 0 aliphatic rings. The highest BCUT2D eigenvalue weighted by atomic mass is 35.5. The number of halogens is 1. The molecule has 80 valence electrons. The molecule has 1 N–H and O–H groups in total. The fourth-order valence-corrected chi connectivity index (χ4v) is 2.14. The lowest BCUT2D eigenvalue weighted by Gasteiger charge is -2.06. The second-order valence-electron chi connectivity index (χ2n) is 3.77. The third-order valence-corrected chi connectivity index (χ3v) is 2.85. The maximum Gasteiger partial charge on any atom is 0.201 e. The molecule has 0 atom stereocenters. The van der Waals surface area contributed by atoms with Gasteiger partial charge in [-0.15, -0.1) is 0 Å². The van der Waals surface area contributed by atoms with Crippen molar-refractivity contribution in [3.8, 4) is 0 Å². The first-order valence-electron chi connectivity index (χ1n) is 5.41. The van der Waals surface area contributed by atoms with Crippen molar-refractivity contribution in [3.63, 3.8) is 0 Å². The number of aromatic nitrogens is 2. The molecular weight excluding hydrogens is 208 g/mol. The Morgan fingerprint density at radius 2 is 2.07 bits per heavy atom. The van der Waals surface area contributed by atoms with Crippen LogP contribution >= 0.6 is 11.6 Å². The van der Waals surface area contributed by atoms with Crippen LogP contribution in [0.1, 0.15) is 31.4 Å². The molecule has 3 heteroatoms. The van der Waals surface area contributed by atoms with Crippen molar-refractivity contribution >= 4 is 22.6 Å². The first-order chi connectivity index (χ1) is 7.24. The van der Waals surface area contributed by atoms with Gasteiger partial charge in [0.2, 0.25) is 5.28 Å². The Hall–Kier alpha value is -1.02. The molecule has 0 bridgehead atoms. The molecule has 0 saturated heterocycles. The van der Waals surface area contributed by atoms with Crippen LogP contribution in [0, 0.1) is 0 Å². The van der Waals surface area contributed by atoms with E-state index in [0.29, 0.717) is 5.28 Å². The molecule has 0 saturated carbocycles. The van der Waals surface area contributed by atoms with E-state index in [1.165, 1.54) is 17.5 Å². The van der Waals surface area contributed by atoms with E-state index in [1.807, 2.05) is 0 Å². The highest BCUT2D eigenvalue weighted by molar-refractivity contribution is 6.29. The Kier molecular flexibility index (Phi) is 2.96. The van der Waals surface area contributed by atoms with Gasteiger partial charge in [0, 0.05) is 0 Å². The Balaban J connectivity index is 2.57. The Bertz CT molecular complexity index is 474. The number of H-pyrrole nitrogens is 1. The number of hydrogen-bond acceptors (Lipinski definition) is 1. The van der Waals surface area contributed by atoms with Crippen molar-refractivity contribution < 1.29 is 0 Å². The van der Waals surface area contributed by atoms with E-state index < -0.39 is 0 Å². The molecule has 2 rings (SSSR count). The molecule has 2 nitrogen and oxygen atoms in total. The largest absolute Gasteiger partial charge is 0.329 e. The highest BCUT2D eigenvalue weighted by Gasteiger charge is 2.06. The third-order valence-electron chi connectivity index (χ3n) is 2.67. The molecule has 0 radical (unpaired) electrons. The molecule has 1 aromatic carbocycles. The monoisotopic (exact) mass is 222 g/mol. The second kappa shape index (κ2) is 4.23. The summed E-state index contributed by atoms with van der Waals surface area (Å²) in [7, 11) is 0. The van der Waals surface area contributed by atoms with Crippen molar-refractivity contribution in [1.82, 2.24) is 9.97 Å². The number of benzene rings is 1. The molecule has 15 heavy (non-hydrogen) atoms. The number of imidazole rings is 1. The van der Waals surface area contributed by atoms with Gasteiger partial charge in [0.1, 0.15) is 0 Å². The van der Waals surface area contributed by atoms with E-state index in [-0.39, 0.29) is 0 Å². The van der Waals surface area contributed by atoms with E-state index in [9.17, 15) is 0 Å². The molecule has 0 amide bonds. The summed E-state index contributed by atoms with van der Waals surface area (Å²) in [6, 6.07) is 4.32. The van der Waals surface area contributed by atoms with Crippen LogP contribution in [0.25, 0.3) is 11.0 Å². The maximum absolute atomic E-state index is 5.84. The number of aromatic amines is 1. The first-order valence-corrected chi connectivity index (χ1v) is 5.79. The Labute approximate surface area is 94.7 Å². The van der Waals surface area contributed by atoms with E-state index in [1.54, 1.807) is 0 Å². The van der Waals surface area contributed by atoms with Crippen molar-refractivity contribution in [2.45, 2.75) is 33.1 Å². The summed E-state index contributed by atoms with van der Waals surface area (Å²) >= 11 is 5.84. The summed E-state index contributed by atoms with van der Waals surface area (Å²) in [5, 5.41) is 0.473. The summed E-state index contributed by atoms with van der Waals surface area (Å²) < 4.78 is 0. The zero-order valence-corrected chi connectivity index (χ0v) is 9.86. The first kappa shape index (κ1) is 10.5. The smallest absolute Gasteiger partial charge is 0.201 e. The van der Waals surface area contributed by atoms with Gasteiger partial charge in [0.15, 0.2) is 0 Å². The van der Waals surface area contributed by atoms with Crippen molar-refractivity contribution in [3.05, 3.63) is 28.5 Å². The van der Waals surface area contributed by atoms with Gasteiger partial charge in [0.05, 0.1) is 11.0 Å². The molecule has 1 aromatic heterocycles. The molecule has 2 aromatic rings. The van der Waals surface area contributed by atoms with Gasteiger partial charge in [-0.3, -0.25) is 0 Å². The zero-order valence-electron chi connectivity index (χ0n) is 9.10. The van der Waals surface area contributed by atoms with Crippen LogP contribution in [-0.2, 0) is 12.8 Å². The number of aryl methyl sites for hydroxylation is 2. The molecule has 0 fully saturated rings. The lowest BCUT2D eigenvalue weighted by molar-refractivity contribution is 0.901. The lowest BCUT2D eigenvalue weighted by Crippen LogP contribution is -1.92. The Morgan fingerprint density at radius 3 is 2.73 bits per heavy atom. The standard InChI is InChI=1S/C12H15ClN2/c1-3-5-9-7-11-10(6-8(9)4-2)14-12(13)15-11/h6-7H,3-5H2,1-2H3,(H,14,15). The van der Waals surface area contributed by atoms with Gasteiger partial charge in [-0.05, 0) is 47.7 Å². The fourth-order valence-electron chi connectivity index (χ4n) is 1.94. The lowest BCUT2D eigenvalue weighted by atomic mass is 10.0. The minimum absolute atomic E-state index is 0.473. The van der Waals surface area contributed by atoms with Crippen LogP contribution < -0.4 is 0 Å². The summed E-state index contributed by atoms with van der Waals surface area (Å²) in [6.45, 7) is 4.37. The average Bonchev–Trinajstić information content (AvgIpc) is 2.56. The van der Waals surface area contributed by atoms with Crippen molar-refractivity contribution in [2.75, 3.05) is 0 Å². The second-order valence-corrected chi connectivity index (χ2v) is 4.13. The Morgan fingerprint density at radius 1 is 1.27 bits per heavy atom. The summed E-state index contributed by atoms with van der Waals surface area (Å²) in [6.07, 6.45) is 3.34. The number of rotatable bonds is 3. The van der Waals surface area contributed by atoms with E-state index in [2.05, 4.69) is 35.9 Å². The minimum atomic E-state index is 0.473. The van der Waals surface area contributed by atoms with Crippen LogP contribution in [0.2, 0.25) is 5.28 Å². The minimum Gasteiger partial charge on any atom is -0.329 e. The normalized spacial score (nSPS) is 11.1. The predicted octanol–water partition coefficient (Wildman–Crippen LogP) is 3.73. The molecule has 0 spiro atoms. The average molecular weight is 223 g/mol. The molecule has 0 aliphatic carbocycles. The van der Waals surface area contributed by atoms with E-state index in [4.69, 9.17) is 11.6 Å². The molecule has 0 aliphatic heterocycles. The molecule has 0 unspecified atom stereocenters. The maximum atomic E-state index is 5.84. The SMILES string of the molecule is CCCc1cc2[nH]c(Cl)nc2cc1CC. The number of nitrogens with one attached hydrogen (secondary N) is 1. The van der Waals surface area contributed by atoms with E-state index >= 15 is 0 Å². The molecule has 1 heterocycles. The van der Waals surface area contributed by atoms with Crippen LogP contribution in [0.3, 0.4) is 0 Å². The number of fused-ring (bicyclic) bond motifs is 1.